The molecule has 1 unspecified atom stereocenters. The van der Waals surface area contributed by atoms with Crippen molar-refractivity contribution in [2.45, 2.75) is 50.4 Å². The summed E-state index contributed by atoms with van der Waals surface area (Å²) in [4.78, 5) is 16.9. The fourth-order valence-corrected chi connectivity index (χ4v) is 5.96. The van der Waals surface area contributed by atoms with Gasteiger partial charge in [-0.2, -0.15) is 0 Å². The van der Waals surface area contributed by atoms with E-state index in [1.807, 2.05) is 62.4 Å². The highest BCUT2D eigenvalue weighted by molar-refractivity contribution is 7.99. The Morgan fingerprint density at radius 2 is 1.85 bits per heavy atom. The molecule has 4 aromatic rings. The largest absolute Gasteiger partial charge is 0.454 e. The number of halogens is 2. The quantitative estimate of drug-likeness (QED) is 0.136. The number of nitrogens with zero attached hydrogens (tertiary/aromatic N) is 1. The Hall–Kier alpha value is -2.83. The number of hydrogen-bond donors (Lipinski definition) is 1. The minimum atomic E-state index is -0.911. The Bertz CT molecular complexity index is 1530. The Balaban J connectivity index is 0.00000387. The van der Waals surface area contributed by atoms with Crippen molar-refractivity contribution >= 4 is 64.8 Å². The first-order chi connectivity index (χ1) is 19.3. The van der Waals surface area contributed by atoms with Gasteiger partial charge in [0, 0.05) is 15.7 Å². The van der Waals surface area contributed by atoms with Crippen molar-refractivity contribution in [1.82, 2.24) is 4.98 Å². The molecule has 0 aliphatic heterocycles. The zero-order valence-corrected chi connectivity index (χ0v) is 25.6. The molecule has 0 saturated heterocycles. The summed E-state index contributed by atoms with van der Waals surface area (Å²) >= 11 is 7.81. The van der Waals surface area contributed by atoms with Crippen LogP contribution in [0.15, 0.2) is 78.9 Å². The third-order valence-corrected chi connectivity index (χ3v) is 8.54. The van der Waals surface area contributed by atoms with Crippen molar-refractivity contribution in [2.75, 3.05) is 5.94 Å². The van der Waals surface area contributed by atoms with Crippen LogP contribution >= 0.6 is 35.8 Å². The van der Waals surface area contributed by atoms with Gasteiger partial charge in [-0.3, -0.25) is 4.79 Å². The molecule has 1 heterocycles. The summed E-state index contributed by atoms with van der Waals surface area (Å²) in [5, 5.41) is 12.5. The van der Waals surface area contributed by atoms with E-state index in [9.17, 15) is 9.90 Å². The van der Waals surface area contributed by atoms with Gasteiger partial charge in [-0.15, -0.1) is 24.2 Å². The number of pyridine rings is 1. The van der Waals surface area contributed by atoms with Crippen LogP contribution in [0.4, 0.5) is 0 Å². The third kappa shape index (κ3) is 8.59. The predicted molar refractivity (Wildman–Crippen MR) is 173 cm³/mol. The first-order valence-electron chi connectivity index (χ1n) is 13.7. The lowest BCUT2D eigenvalue weighted by Gasteiger charge is -2.23. The molecule has 0 bridgehead atoms. The second kappa shape index (κ2) is 13.9. The van der Waals surface area contributed by atoms with Crippen molar-refractivity contribution < 1.29 is 14.6 Å². The zero-order valence-electron chi connectivity index (χ0n) is 23.3. The number of hydrogen-bond acceptors (Lipinski definition) is 5. The van der Waals surface area contributed by atoms with Gasteiger partial charge in [0.05, 0.1) is 22.7 Å². The van der Waals surface area contributed by atoms with Gasteiger partial charge in [-0.1, -0.05) is 78.3 Å². The summed E-state index contributed by atoms with van der Waals surface area (Å²) in [6.07, 6.45) is 7.61. The van der Waals surface area contributed by atoms with Gasteiger partial charge in [0.2, 0.25) is 0 Å². The van der Waals surface area contributed by atoms with Crippen molar-refractivity contribution in [3.63, 3.8) is 0 Å². The molecule has 0 amide bonds. The number of aliphatic hydroxyl groups is 1. The van der Waals surface area contributed by atoms with Crippen LogP contribution in [0.25, 0.3) is 23.1 Å². The number of ether oxygens (including phenoxy) is 1. The minimum absolute atomic E-state index is 0. The Labute approximate surface area is 257 Å². The Morgan fingerprint density at radius 1 is 1.07 bits per heavy atom. The molecule has 214 valence electrons. The summed E-state index contributed by atoms with van der Waals surface area (Å²) in [5.74, 6) is 0.335. The van der Waals surface area contributed by atoms with Crippen LogP contribution in [0.3, 0.4) is 0 Å². The average Bonchev–Trinajstić information content (AvgIpc) is 3.79. The number of benzene rings is 3. The lowest BCUT2D eigenvalue weighted by Crippen LogP contribution is -2.18. The lowest BCUT2D eigenvalue weighted by atomic mass is 9.90. The second-order valence-electron chi connectivity index (χ2n) is 10.8. The Kier molecular flexibility index (Phi) is 10.5. The fraction of sp³-hybridized carbons (Fsp3) is 0.294. The van der Waals surface area contributed by atoms with Gasteiger partial charge in [0.25, 0.3) is 0 Å². The van der Waals surface area contributed by atoms with Gasteiger partial charge in [-0.05, 0) is 86.1 Å². The normalized spacial score (nSPS) is 14.1. The van der Waals surface area contributed by atoms with E-state index in [0.29, 0.717) is 11.0 Å². The molecule has 0 radical (unpaired) electrons. The van der Waals surface area contributed by atoms with E-state index in [1.54, 1.807) is 11.8 Å². The van der Waals surface area contributed by atoms with Crippen LogP contribution < -0.4 is 0 Å². The maximum atomic E-state index is 12.1. The molecule has 5 rings (SSSR count). The number of thioether (sulfide) groups is 1. The van der Waals surface area contributed by atoms with Crippen LogP contribution in [0.5, 0.6) is 0 Å². The highest BCUT2D eigenvalue weighted by Crippen LogP contribution is 2.37. The van der Waals surface area contributed by atoms with Crippen molar-refractivity contribution in [1.29, 1.82) is 0 Å². The van der Waals surface area contributed by atoms with Crippen LogP contribution in [0, 0.1) is 5.92 Å². The maximum absolute atomic E-state index is 12.1. The van der Waals surface area contributed by atoms with E-state index in [-0.39, 0.29) is 29.5 Å². The van der Waals surface area contributed by atoms with Crippen LogP contribution in [-0.4, -0.2) is 22.0 Å². The molecule has 7 heteroatoms. The molecule has 1 aliphatic rings. The minimum Gasteiger partial charge on any atom is -0.454 e. The standard InChI is InChI=1S/C34H34ClNO3S.ClH/c1-34(2,38)30-9-4-3-7-24(30)15-19-32(40-22-39-33(37)26-11-12-26)27-8-5-6-23(20-27)10-17-29-18-14-25-13-16-28(35)21-31(25)36-29;/h3-10,13-14,16-18,20-21,26,32,38H,11-12,15,19,22H2,1-2H3;1H. The van der Waals surface area contributed by atoms with Crippen LogP contribution in [-0.2, 0) is 21.6 Å². The molecule has 4 nitrogen and oxygen atoms in total. The number of carbonyl (C=O) groups is 1. The molecule has 0 spiro atoms. The summed E-state index contributed by atoms with van der Waals surface area (Å²) in [6.45, 7) is 3.65. The molecule has 1 fully saturated rings. The summed E-state index contributed by atoms with van der Waals surface area (Å²) in [5.41, 5.74) is 5.14. The molecule has 1 aliphatic carbocycles. The molecule has 1 aromatic heterocycles. The number of fused-ring (bicyclic) bond motifs is 1. The highest BCUT2D eigenvalue weighted by Gasteiger charge is 2.31. The first kappa shape index (κ1) is 31.1. The molecular formula is C34H35Cl2NO3S. The predicted octanol–water partition coefficient (Wildman–Crippen LogP) is 9.03. The van der Waals surface area contributed by atoms with Gasteiger partial charge in [0.1, 0.15) is 5.94 Å². The van der Waals surface area contributed by atoms with E-state index in [1.165, 1.54) is 5.56 Å². The third-order valence-electron chi connectivity index (χ3n) is 7.14. The van der Waals surface area contributed by atoms with Gasteiger partial charge < -0.3 is 9.84 Å². The van der Waals surface area contributed by atoms with Crippen molar-refractivity contribution in [3.8, 4) is 0 Å². The number of esters is 1. The van der Waals surface area contributed by atoms with Crippen LogP contribution in [0.1, 0.15) is 66.3 Å². The highest BCUT2D eigenvalue weighted by atomic mass is 35.5. The Morgan fingerprint density at radius 3 is 2.63 bits per heavy atom. The van der Waals surface area contributed by atoms with E-state index in [4.69, 9.17) is 21.3 Å². The zero-order chi connectivity index (χ0) is 28.1. The van der Waals surface area contributed by atoms with E-state index < -0.39 is 5.60 Å². The average molecular weight is 609 g/mol. The molecular weight excluding hydrogens is 573 g/mol. The van der Waals surface area contributed by atoms with E-state index >= 15 is 0 Å². The van der Waals surface area contributed by atoms with E-state index in [0.717, 1.165) is 59.0 Å². The smallest absolute Gasteiger partial charge is 0.309 e. The summed E-state index contributed by atoms with van der Waals surface area (Å²) in [7, 11) is 0. The lowest BCUT2D eigenvalue weighted by molar-refractivity contribution is -0.142. The van der Waals surface area contributed by atoms with Gasteiger partial charge in [0.15, 0.2) is 0 Å². The fourth-order valence-electron chi connectivity index (χ4n) is 4.82. The second-order valence-corrected chi connectivity index (χ2v) is 12.4. The number of rotatable bonds is 11. The maximum Gasteiger partial charge on any atom is 0.309 e. The monoisotopic (exact) mass is 607 g/mol. The molecule has 3 aromatic carbocycles. The molecule has 1 atom stereocenters. The van der Waals surface area contributed by atoms with Crippen LogP contribution in [0.2, 0.25) is 5.02 Å². The number of carbonyl (C=O) groups excluding carboxylic acids is 1. The van der Waals surface area contributed by atoms with Crippen molar-refractivity contribution in [2.24, 2.45) is 5.92 Å². The molecule has 41 heavy (non-hydrogen) atoms. The number of aromatic nitrogens is 1. The summed E-state index contributed by atoms with van der Waals surface area (Å²) in [6, 6.07) is 26.3. The molecule has 1 saturated carbocycles. The molecule has 1 N–H and O–H groups in total. The van der Waals surface area contributed by atoms with E-state index in [2.05, 4.69) is 42.5 Å². The van der Waals surface area contributed by atoms with Crippen molar-refractivity contribution in [3.05, 3.63) is 112 Å². The first-order valence-corrected chi connectivity index (χ1v) is 15.1. The SMILES string of the molecule is CC(C)(O)c1ccccc1CCC(SCOC(=O)C1CC1)c1cccc(C=Cc2ccc3ccc(Cl)cc3n2)c1.Cl. The topological polar surface area (TPSA) is 59.4 Å². The van der Waals surface area contributed by atoms with Gasteiger partial charge in [-0.25, -0.2) is 4.98 Å². The van der Waals surface area contributed by atoms with Gasteiger partial charge >= 0.3 is 5.97 Å². The number of aryl methyl sites for hydroxylation is 1. The summed E-state index contributed by atoms with van der Waals surface area (Å²) < 4.78 is 5.58.